The normalized spacial score (nSPS) is 16.5. The number of fused-ring (bicyclic) bond motifs is 2. The van der Waals surface area contributed by atoms with Gasteiger partial charge in [0.05, 0.1) is 5.69 Å². The van der Waals surface area contributed by atoms with Crippen LogP contribution < -0.4 is 14.8 Å². The van der Waals surface area contributed by atoms with Crippen molar-refractivity contribution in [2.24, 2.45) is 0 Å². The first-order valence-electron chi connectivity index (χ1n) is 8.81. The van der Waals surface area contributed by atoms with Crippen LogP contribution in [0.3, 0.4) is 0 Å². The number of hydrogen-bond acceptors (Lipinski definition) is 6. The van der Waals surface area contributed by atoms with E-state index in [-0.39, 0.29) is 5.91 Å². The summed E-state index contributed by atoms with van der Waals surface area (Å²) in [5, 5.41) is 3.54. The topological polar surface area (TPSA) is 63.7 Å². The molecule has 7 heteroatoms. The predicted molar refractivity (Wildman–Crippen MR) is 102 cm³/mol. The number of hydrogen-bond donors (Lipinski definition) is 1. The number of carbonyl (C=O) groups is 1. The van der Waals surface area contributed by atoms with Crippen molar-refractivity contribution in [2.75, 3.05) is 31.6 Å². The highest BCUT2D eigenvalue weighted by atomic mass is 32.1. The van der Waals surface area contributed by atoms with Gasteiger partial charge < -0.3 is 9.47 Å². The molecule has 1 amide bonds. The molecule has 0 saturated carbocycles. The number of amides is 1. The van der Waals surface area contributed by atoms with Gasteiger partial charge in [-0.25, -0.2) is 4.98 Å². The molecule has 136 valence electrons. The average Bonchev–Trinajstić information content (AvgIpc) is 3.07. The molecule has 0 aliphatic carbocycles. The van der Waals surface area contributed by atoms with E-state index in [1.165, 1.54) is 11.0 Å². The minimum atomic E-state index is -0.182. The summed E-state index contributed by atoms with van der Waals surface area (Å²) in [7, 11) is 0. The molecular formula is C19H21N3O3S. The van der Waals surface area contributed by atoms with Crippen molar-refractivity contribution >= 4 is 28.5 Å². The highest BCUT2D eigenvalue weighted by Crippen LogP contribution is 2.31. The number of aromatic nitrogens is 1. The number of carbonyl (C=O) groups excluding carboxylic acids is 1. The van der Waals surface area contributed by atoms with E-state index in [4.69, 9.17) is 9.47 Å². The van der Waals surface area contributed by atoms with Crippen LogP contribution in [0.15, 0.2) is 24.3 Å². The van der Waals surface area contributed by atoms with E-state index in [0.717, 1.165) is 43.1 Å². The smallest absolute Gasteiger partial charge is 0.250 e. The van der Waals surface area contributed by atoms with Crippen LogP contribution in [0.4, 0.5) is 5.13 Å². The zero-order valence-electron chi connectivity index (χ0n) is 14.7. The lowest BCUT2D eigenvalue weighted by Gasteiger charge is -2.23. The Morgan fingerprint density at radius 1 is 1.35 bits per heavy atom. The number of rotatable bonds is 4. The quantitative estimate of drug-likeness (QED) is 0.837. The Kier molecular flexibility index (Phi) is 4.90. The van der Waals surface area contributed by atoms with E-state index >= 15 is 0 Å². The Bertz CT molecular complexity index is 847. The lowest BCUT2D eigenvalue weighted by molar-refractivity contribution is -0.111. The van der Waals surface area contributed by atoms with Crippen molar-refractivity contribution in [3.63, 3.8) is 0 Å². The summed E-state index contributed by atoms with van der Waals surface area (Å²) in [6, 6.07) is 5.64. The summed E-state index contributed by atoms with van der Waals surface area (Å²) in [5.74, 6) is 1.28. The number of ether oxygens (including phenoxy) is 2. The third kappa shape index (κ3) is 3.73. The molecule has 2 aliphatic rings. The minimum absolute atomic E-state index is 0.182. The molecule has 1 aromatic carbocycles. The standard InChI is InChI=1S/C19H21N3O3S/c1-2-22-8-7-14-17(12-22)26-19(20-14)21-18(23)6-4-13-3-5-15-16(11-13)25-10-9-24-15/h3-6,11H,2,7-10,12H2,1H3,(H,20,21,23)/b6-4+. The predicted octanol–water partition coefficient (Wildman–Crippen LogP) is 2.94. The summed E-state index contributed by atoms with van der Waals surface area (Å²) < 4.78 is 11.1. The first kappa shape index (κ1) is 17.1. The molecule has 4 rings (SSSR count). The van der Waals surface area contributed by atoms with E-state index in [2.05, 4.69) is 22.1 Å². The zero-order chi connectivity index (χ0) is 17.9. The minimum Gasteiger partial charge on any atom is -0.486 e. The second kappa shape index (κ2) is 7.47. The van der Waals surface area contributed by atoms with Crippen molar-refractivity contribution in [2.45, 2.75) is 19.9 Å². The molecule has 1 N–H and O–H groups in total. The van der Waals surface area contributed by atoms with Gasteiger partial charge in [0, 0.05) is 30.5 Å². The molecule has 0 bridgehead atoms. The number of likely N-dealkylation sites (N-methyl/N-ethyl adjacent to an activating group) is 1. The number of benzene rings is 1. The lowest BCUT2D eigenvalue weighted by Crippen LogP contribution is -2.29. The maximum Gasteiger partial charge on any atom is 0.250 e. The van der Waals surface area contributed by atoms with Crippen molar-refractivity contribution < 1.29 is 14.3 Å². The fraction of sp³-hybridized carbons (Fsp3) is 0.368. The van der Waals surface area contributed by atoms with Crippen LogP contribution in [0.1, 0.15) is 23.1 Å². The zero-order valence-corrected chi connectivity index (χ0v) is 15.5. The van der Waals surface area contributed by atoms with Crippen LogP contribution in [0.5, 0.6) is 11.5 Å². The fourth-order valence-electron chi connectivity index (χ4n) is 3.05. The van der Waals surface area contributed by atoms with Gasteiger partial charge in [-0.15, -0.1) is 11.3 Å². The Labute approximate surface area is 156 Å². The Morgan fingerprint density at radius 2 is 2.19 bits per heavy atom. The number of anilines is 1. The second-order valence-corrected chi connectivity index (χ2v) is 7.32. The van der Waals surface area contributed by atoms with Crippen molar-refractivity contribution in [3.05, 3.63) is 40.4 Å². The van der Waals surface area contributed by atoms with E-state index in [9.17, 15) is 4.79 Å². The van der Waals surface area contributed by atoms with Crippen molar-refractivity contribution in [1.82, 2.24) is 9.88 Å². The third-order valence-corrected chi connectivity index (χ3v) is 5.48. The van der Waals surface area contributed by atoms with Crippen molar-refractivity contribution in [1.29, 1.82) is 0 Å². The van der Waals surface area contributed by atoms with E-state index in [1.54, 1.807) is 17.4 Å². The SMILES string of the molecule is CCN1CCc2nc(NC(=O)/C=C/c3ccc4c(c3)OCCO4)sc2C1. The van der Waals surface area contributed by atoms with Crippen molar-refractivity contribution in [3.8, 4) is 11.5 Å². The van der Waals surface area contributed by atoms with Crippen LogP contribution in [-0.4, -0.2) is 42.1 Å². The molecule has 2 aromatic rings. The lowest BCUT2D eigenvalue weighted by atomic mass is 10.2. The maximum absolute atomic E-state index is 12.2. The molecule has 0 spiro atoms. The van der Waals surface area contributed by atoms with Gasteiger partial charge in [0.15, 0.2) is 16.6 Å². The van der Waals surface area contributed by atoms with Gasteiger partial charge in [-0.2, -0.15) is 0 Å². The van der Waals surface area contributed by atoms with Gasteiger partial charge in [-0.1, -0.05) is 13.0 Å². The first-order valence-corrected chi connectivity index (χ1v) is 9.62. The first-order chi connectivity index (χ1) is 12.7. The molecule has 3 heterocycles. The third-order valence-electron chi connectivity index (χ3n) is 4.48. The van der Waals surface area contributed by atoms with Gasteiger partial charge in [-0.05, 0) is 30.3 Å². The largest absolute Gasteiger partial charge is 0.486 e. The molecule has 26 heavy (non-hydrogen) atoms. The summed E-state index contributed by atoms with van der Waals surface area (Å²) in [6.45, 7) is 6.27. The highest BCUT2D eigenvalue weighted by Gasteiger charge is 2.20. The number of nitrogens with one attached hydrogen (secondary N) is 1. The van der Waals surface area contributed by atoms with Gasteiger partial charge in [0.2, 0.25) is 5.91 Å². The molecule has 0 unspecified atom stereocenters. The highest BCUT2D eigenvalue weighted by molar-refractivity contribution is 7.15. The van der Waals surface area contributed by atoms with E-state index < -0.39 is 0 Å². The Hall–Kier alpha value is -2.38. The summed E-state index contributed by atoms with van der Waals surface area (Å²) in [4.78, 5) is 20.4. The monoisotopic (exact) mass is 371 g/mol. The Balaban J connectivity index is 1.40. The summed E-state index contributed by atoms with van der Waals surface area (Å²) >= 11 is 1.57. The Morgan fingerprint density at radius 3 is 3.04 bits per heavy atom. The molecule has 0 radical (unpaired) electrons. The molecule has 2 aliphatic heterocycles. The molecule has 1 aromatic heterocycles. The van der Waals surface area contributed by atoms with Gasteiger partial charge in [0.25, 0.3) is 0 Å². The summed E-state index contributed by atoms with van der Waals surface area (Å²) in [5.41, 5.74) is 2.01. The molecule has 0 fully saturated rings. The van der Waals surface area contributed by atoms with Crippen LogP contribution >= 0.6 is 11.3 Å². The molecular weight excluding hydrogens is 350 g/mol. The maximum atomic E-state index is 12.2. The fourth-order valence-corrected chi connectivity index (χ4v) is 4.11. The molecule has 0 atom stereocenters. The molecule has 0 saturated heterocycles. The van der Waals surface area contributed by atoms with Gasteiger partial charge in [0.1, 0.15) is 13.2 Å². The van der Waals surface area contributed by atoms with E-state index in [1.807, 2.05) is 18.2 Å². The van der Waals surface area contributed by atoms with Gasteiger partial charge in [-0.3, -0.25) is 15.0 Å². The van der Waals surface area contributed by atoms with E-state index in [0.29, 0.717) is 24.1 Å². The van der Waals surface area contributed by atoms with Crippen LogP contribution in [0.2, 0.25) is 0 Å². The van der Waals surface area contributed by atoms with Gasteiger partial charge >= 0.3 is 0 Å². The second-order valence-electron chi connectivity index (χ2n) is 6.23. The number of nitrogens with zero attached hydrogens (tertiary/aromatic N) is 2. The number of thiazole rings is 1. The van der Waals surface area contributed by atoms with Crippen LogP contribution in [-0.2, 0) is 17.8 Å². The van der Waals surface area contributed by atoms with Crippen LogP contribution in [0.25, 0.3) is 6.08 Å². The summed E-state index contributed by atoms with van der Waals surface area (Å²) in [6.07, 6.45) is 4.23. The molecule has 6 nitrogen and oxygen atoms in total. The van der Waals surface area contributed by atoms with Crippen LogP contribution in [0, 0.1) is 0 Å². The average molecular weight is 371 g/mol.